The molecule has 0 spiro atoms. The highest BCUT2D eigenvalue weighted by atomic mass is 35.5. The fourth-order valence-corrected chi connectivity index (χ4v) is 1.16. The Balaban J connectivity index is 2.50. The smallest absolute Gasteiger partial charge is 0.216 e. The molecule has 0 saturated carbocycles. The van der Waals surface area contributed by atoms with Crippen molar-refractivity contribution < 1.29 is 9.18 Å². The molecule has 0 aromatic heterocycles. The highest BCUT2D eigenvalue weighted by Gasteiger charge is 1.97. The van der Waals surface area contributed by atoms with Gasteiger partial charge in [-0.25, -0.2) is 4.39 Å². The van der Waals surface area contributed by atoms with E-state index in [2.05, 4.69) is 17.2 Å². The average molecular weight is 240 g/mol. The van der Waals surface area contributed by atoms with Gasteiger partial charge in [-0.2, -0.15) is 0 Å². The van der Waals surface area contributed by atoms with Gasteiger partial charge in [0, 0.05) is 25.5 Å². The van der Waals surface area contributed by atoms with Crippen LogP contribution < -0.4 is 5.32 Å². The lowest BCUT2D eigenvalue weighted by molar-refractivity contribution is -0.118. The van der Waals surface area contributed by atoms with Gasteiger partial charge in [0.2, 0.25) is 5.91 Å². The number of amides is 1. The average Bonchev–Trinajstić information content (AvgIpc) is 2.22. The van der Waals surface area contributed by atoms with Crippen molar-refractivity contribution in [2.45, 2.75) is 13.3 Å². The second-order valence-electron chi connectivity index (χ2n) is 3.16. The molecule has 1 aromatic rings. The van der Waals surface area contributed by atoms with E-state index < -0.39 is 5.82 Å². The zero-order chi connectivity index (χ0) is 12.0. The van der Waals surface area contributed by atoms with Crippen LogP contribution in [0.1, 0.15) is 18.9 Å². The molecule has 2 nitrogen and oxygen atoms in total. The molecule has 1 amide bonds. The SMILES string of the molecule is CC(=O)NCCC#Cc1ccc(Cl)c(F)c1. The Morgan fingerprint density at radius 1 is 1.56 bits per heavy atom. The Morgan fingerprint density at radius 2 is 2.31 bits per heavy atom. The largest absolute Gasteiger partial charge is 0.355 e. The molecule has 0 unspecified atom stereocenters. The summed E-state index contributed by atoms with van der Waals surface area (Å²) in [6, 6.07) is 4.40. The third kappa shape index (κ3) is 4.33. The van der Waals surface area contributed by atoms with E-state index in [9.17, 15) is 9.18 Å². The van der Waals surface area contributed by atoms with E-state index in [0.29, 0.717) is 18.5 Å². The van der Waals surface area contributed by atoms with Crippen LogP contribution in [0.4, 0.5) is 4.39 Å². The summed E-state index contributed by atoms with van der Waals surface area (Å²) in [5, 5.41) is 2.70. The van der Waals surface area contributed by atoms with E-state index >= 15 is 0 Å². The van der Waals surface area contributed by atoms with Crippen molar-refractivity contribution in [1.29, 1.82) is 0 Å². The lowest BCUT2D eigenvalue weighted by atomic mass is 10.2. The minimum Gasteiger partial charge on any atom is -0.355 e. The number of benzene rings is 1. The summed E-state index contributed by atoms with van der Waals surface area (Å²) in [5.41, 5.74) is 0.574. The molecule has 0 atom stereocenters. The zero-order valence-corrected chi connectivity index (χ0v) is 9.57. The lowest BCUT2D eigenvalue weighted by Crippen LogP contribution is -2.20. The molecule has 1 N–H and O–H groups in total. The van der Waals surface area contributed by atoms with Gasteiger partial charge in [-0.15, -0.1) is 0 Å². The van der Waals surface area contributed by atoms with E-state index in [0.717, 1.165) is 0 Å². The number of nitrogens with one attached hydrogen (secondary N) is 1. The third-order valence-electron chi connectivity index (χ3n) is 1.78. The number of halogens is 2. The molecule has 1 aromatic carbocycles. The van der Waals surface area contributed by atoms with Gasteiger partial charge in [0.05, 0.1) is 5.02 Å². The van der Waals surface area contributed by atoms with Gasteiger partial charge in [-0.05, 0) is 18.2 Å². The Morgan fingerprint density at radius 3 is 2.94 bits per heavy atom. The van der Waals surface area contributed by atoms with Crippen molar-refractivity contribution in [2.24, 2.45) is 0 Å². The third-order valence-corrected chi connectivity index (χ3v) is 2.08. The first kappa shape index (κ1) is 12.5. The first-order chi connectivity index (χ1) is 7.59. The fourth-order valence-electron chi connectivity index (χ4n) is 1.04. The Hall–Kier alpha value is -1.53. The van der Waals surface area contributed by atoms with Gasteiger partial charge in [0.15, 0.2) is 0 Å². The molecule has 0 aliphatic heterocycles. The summed E-state index contributed by atoms with van der Waals surface area (Å²) in [7, 11) is 0. The highest BCUT2D eigenvalue weighted by molar-refractivity contribution is 6.30. The summed E-state index contributed by atoms with van der Waals surface area (Å²) in [4.78, 5) is 10.5. The topological polar surface area (TPSA) is 29.1 Å². The Kier molecular flexibility index (Phi) is 4.81. The summed E-state index contributed by atoms with van der Waals surface area (Å²) in [5.74, 6) is 5.06. The van der Waals surface area contributed by atoms with Crippen LogP contribution in [0.15, 0.2) is 18.2 Å². The van der Waals surface area contributed by atoms with Crippen LogP contribution in [0.5, 0.6) is 0 Å². The van der Waals surface area contributed by atoms with Gasteiger partial charge < -0.3 is 5.32 Å². The summed E-state index contributed by atoms with van der Waals surface area (Å²) >= 11 is 5.53. The van der Waals surface area contributed by atoms with Crippen LogP contribution in [0.2, 0.25) is 5.02 Å². The van der Waals surface area contributed by atoms with Crippen molar-refractivity contribution in [2.75, 3.05) is 6.54 Å². The van der Waals surface area contributed by atoms with Gasteiger partial charge >= 0.3 is 0 Å². The number of carbonyl (C=O) groups is 1. The monoisotopic (exact) mass is 239 g/mol. The second-order valence-corrected chi connectivity index (χ2v) is 3.57. The molecular weight excluding hydrogens is 229 g/mol. The molecule has 84 valence electrons. The molecule has 0 aliphatic rings. The number of rotatable bonds is 2. The van der Waals surface area contributed by atoms with E-state index in [4.69, 9.17) is 11.6 Å². The van der Waals surface area contributed by atoms with Crippen LogP contribution in [-0.4, -0.2) is 12.5 Å². The van der Waals surface area contributed by atoms with Crippen LogP contribution >= 0.6 is 11.6 Å². The van der Waals surface area contributed by atoms with Crippen LogP contribution in [0.3, 0.4) is 0 Å². The Labute approximate surface area is 98.8 Å². The van der Waals surface area contributed by atoms with Gasteiger partial charge in [0.25, 0.3) is 0 Å². The normalized spacial score (nSPS) is 9.19. The molecular formula is C12H11ClFNO. The first-order valence-electron chi connectivity index (χ1n) is 4.78. The summed E-state index contributed by atoms with van der Waals surface area (Å²) in [6.07, 6.45) is 0.532. The van der Waals surface area contributed by atoms with Crippen molar-refractivity contribution >= 4 is 17.5 Å². The van der Waals surface area contributed by atoms with E-state index in [1.165, 1.54) is 19.1 Å². The number of carbonyl (C=O) groups excluding carboxylic acids is 1. The number of hydrogen-bond donors (Lipinski definition) is 1. The van der Waals surface area contributed by atoms with E-state index in [1.54, 1.807) is 6.07 Å². The van der Waals surface area contributed by atoms with Gasteiger partial charge in [-0.1, -0.05) is 23.4 Å². The van der Waals surface area contributed by atoms with Crippen molar-refractivity contribution in [3.63, 3.8) is 0 Å². The Bertz CT molecular complexity index is 448. The first-order valence-corrected chi connectivity index (χ1v) is 5.16. The minimum absolute atomic E-state index is 0.0839. The van der Waals surface area contributed by atoms with E-state index in [1.807, 2.05) is 0 Å². The molecule has 16 heavy (non-hydrogen) atoms. The second kappa shape index (κ2) is 6.14. The van der Waals surface area contributed by atoms with Crippen molar-refractivity contribution in [3.05, 3.63) is 34.6 Å². The van der Waals surface area contributed by atoms with Gasteiger partial charge in [0.1, 0.15) is 5.82 Å². The maximum atomic E-state index is 13.0. The molecule has 0 saturated heterocycles. The highest BCUT2D eigenvalue weighted by Crippen LogP contribution is 2.14. The quantitative estimate of drug-likeness (QED) is 0.623. The maximum Gasteiger partial charge on any atom is 0.216 e. The molecule has 0 bridgehead atoms. The fraction of sp³-hybridized carbons (Fsp3) is 0.250. The standard InChI is InChI=1S/C12H11ClFNO/c1-9(16)15-7-3-2-4-10-5-6-11(13)12(14)8-10/h5-6,8H,3,7H2,1H3,(H,15,16). The molecule has 0 aliphatic carbocycles. The maximum absolute atomic E-state index is 13.0. The number of hydrogen-bond acceptors (Lipinski definition) is 1. The summed E-state index contributed by atoms with van der Waals surface area (Å²) < 4.78 is 13.0. The van der Waals surface area contributed by atoms with E-state index in [-0.39, 0.29) is 10.9 Å². The molecule has 1 rings (SSSR count). The molecule has 4 heteroatoms. The van der Waals surface area contributed by atoms with Crippen molar-refractivity contribution in [3.8, 4) is 11.8 Å². The molecule has 0 heterocycles. The molecule has 0 radical (unpaired) electrons. The predicted octanol–water partition coefficient (Wildman–Crippen LogP) is 2.36. The van der Waals surface area contributed by atoms with Crippen LogP contribution in [-0.2, 0) is 4.79 Å². The molecule has 0 fully saturated rings. The van der Waals surface area contributed by atoms with Crippen molar-refractivity contribution in [1.82, 2.24) is 5.32 Å². The van der Waals surface area contributed by atoms with Crippen LogP contribution in [0.25, 0.3) is 0 Å². The summed E-state index contributed by atoms with van der Waals surface area (Å²) in [6.45, 7) is 1.94. The van der Waals surface area contributed by atoms with Crippen LogP contribution in [0, 0.1) is 17.7 Å². The van der Waals surface area contributed by atoms with Gasteiger partial charge in [-0.3, -0.25) is 4.79 Å². The minimum atomic E-state index is -0.477. The lowest BCUT2D eigenvalue weighted by Gasteiger charge is -1.95. The zero-order valence-electron chi connectivity index (χ0n) is 8.81. The predicted molar refractivity (Wildman–Crippen MR) is 61.6 cm³/mol.